The number of nitrogens with one attached hydrogen (secondary N) is 2. The molecule has 3 rings (SSSR count). The molecule has 0 radical (unpaired) electrons. The summed E-state index contributed by atoms with van der Waals surface area (Å²) in [7, 11) is 0. The fraction of sp³-hybridized carbons (Fsp3) is 0.211. The minimum atomic E-state index is -0.834. The van der Waals surface area contributed by atoms with E-state index in [0.717, 1.165) is 0 Å². The van der Waals surface area contributed by atoms with Crippen molar-refractivity contribution in [2.75, 3.05) is 19.8 Å². The molecule has 8 nitrogen and oxygen atoms in total. The molecule has 1 aliphatic rings. The number of ether oxygens (including phenoxy) is 3. The van der Waals surface area contributed by atoms with Crippen molar-refractivity contribution >= 4 is 41.1 Å². The molecule has 10 heteroatoms. The Morgan fingerprint density at radius 1 is 1.07 bits per heavy atom. The van der Waals surface area contributed by atoms with Crippen LogP contribution in [0, 0.1) is 0 Å². The lowest BCUT2D eigenvalue weighted by molar-refractivity contribution is -0.123. The van der Waals surface area contributed by atoms with Gasteiger partial charge in [-0.15, -0.1) is 0 Å². The second-order valence-electron chi connectivity index (χ2n) is 5.93. The van der Waals surface area contributed by atoms with Gasteiger partial charge < -0.3 is 19.5 Å². The van der Waals surface area contributed by atoms with Crippen molar-refractivity contribution in [2.45, 2.75) is 6.10 Å². The second kappa shape index (κ2) is 9.49. The molecular formula is C19H16Cl2N2O6. The van der Waals surface area contributed by atoms with Crippen molar-refractivity contribution < 1.29 is 28.6 Å². The number of benzene rings is 2. The van der Waals surface area contributed by atoms with Crippen LogP contribution in [0.5, 0.6) is 11.5 Å². The van der Waals surface area contributed by atoms with Crippen LogP contribution in [0.2, 0.25) is 10.0 Å². The normalized spacial score (nSPS) is 14.6. The lowest BCUT2D eigenvalue weighted by Crippen LogP contribution is -2.46. The van der Waals surface area contributed by atoms with Crippen LogP contribution in [0.15, 0.2) is 42.5 Å². The average Bonchev–Trinajstić information content (AvgIpc) is 2.72. The number of fused-ring (bicyclic) bond motifs is 1. The number of esters is 1. The highest BCUT2D eigenvalue weighted by atomic mass is 35.5. The summed E-state index contributed by atoms with van der Waals surface area (Å²) >= 11 is 11.7. The molecule has 2 aromatic carbocycles. The van der Waals surface area contributed by atoms with Crippen molar-refractivity contribution in [2.24, 2.45) is 0 Å². The number of imide groups is 1. The maximum atomic E-state index is 12.0. The Morgan fingerprint density at radius 2 is 1.83 bits per heavy atom. The summed E-state index contributed by atoms with van der Waals surface area (Å²) in [5.74, 6) is -0.432. The molecule has 2 N–H and O–H groups in total. The number of carbonyl (C=O) groups excluding carboxylic acids is 3. The van der Waals surface area contributed by atoms with Crippen LogP contribution in [0.3, 0.4) is 0 Å². The summed E-state index contributed by atoms with van der Waals surface area (Å²) in [5, 5.41) is 4.75. The first-order valence-corrected chi connectivity index (χ1v) is 9.27. The van der Waals surface area contributed by atoms with E-state index in [1.807, 2.05) is 11.4 Å². The van der Waals surface area contributed by atoms with E-state index in [-0.39, 0.29) is 28.8 Å². The number of carbonyl (C=O) groups is 3. The van der Waals surface area contributed by atoms with E-state index in [0.29, 0.717) is 11.5 Å². The predicted octanol–water partition coefficient (Wildman–Crippen LogP) is 2.82. The molecule has 3 amide bonds. The van der Waals surface area contributed by atoms with Gasteiger partial charge in [0.05, 0.1) is 22.2 Å². The molecule has 0 saturated carbocycles. The Bertz CT molecular complexity index is 937. The maximum absolute atomic E-state index is 12.0. The number of rotatable bonds is 5. The van der Waals surface area contributed by atoms with Crippen LogP contribution >= 0.6 is 23.2 Å². The Morgan fingerprint density at radius 3 is 2.62 bits per heavy atom. The van der Waals surface area contributed by atoms with Crippen molar-refractivity contribution in [3.05, 3.63) is 58.1 Å². The van der Waals surface area contributed by atoms with E-state index in [2.05, 4.69) is 5.32 Å². The molecular weight excluding hydrogens is 423 g/mol. The van der Waals surface area contributed by atoms with Gasteiger partial charge in [0, 0.05) is 0 Å². The summed E-state index contributed by atoms with van der Waals surface area (Å²) in [4.78, 5) is 35.6. The van der Waals surface area contributed by atoms with Crippen molar-refractivity contribution in [3.8, 4) is 11.5 Å². The number of hydrogen-bond acceptors (Lipinski definition) is 6. The van der Waals surface area contributed by atoms with Crippen molar-refractivity contribution in [1.29, 1.82) is 0 Å². The largest absolute Gasteiger partial charge is 0.486 e. The van der Waals surface area contributed by atoms with Gasteiger partial charge in [-0.1, -0.05) is 41.4 Å². The van der Waals surface area contributed by atoms with E-state index in [9.17, 15) is 14.4 Å². The summed E-state index contributed by atoms with van der Waals surface area (Å²) in [6.45, 7) is -0.292. The summed E-state index contributed by atoms with van der Waals surface area (Å²) in [6, 6.07) is 10.9. The van der Waals surface area contributed by atoms with Crippen LogP contribution < -0.4 is 20.1 Å². The molecule has 0 saturated heterocycles. The van der Waals surface area contributed by atoms with Gasteiger partial charge in [-0.25, -0.2) is 9.59 Å². The first kappa shape index (κ1) is 20.8. The highest BCUT2D eigenvalue weighted by molar-refractivity contribution is 6.43. The van der Waals surface area contributed by atoms with Crippen molar-refractivity contribution in [3.63, 3.8) is 0 Å². The Kier molecular flexibility index (Phi) is 6.79. The summed E-state index contributed by atoms with van der Waals surface area (Å²) in [6.07, 6.45) is -0.409. The lowest BCUT2D eigenvalue weighted by Gasteiger charge is -2.26. The zero-order valence-electron chi connectivity index (χ0n) is 14.9. The van der Waals surface area contributed by atoms with Gasteiger partial charge in [-0.05, 0) is 24.3 Å². The number of para-hydroxylation sites is 2. The molecule has 1 heterocycles. The molecule has 1 atom stereocenters. The van der Waals surface area contributed by atoms with Crippen molar-refractivity contribution in [1.82, 2.24) is 10.6 Å². The molecule has 2 aromatic rings. The Hall–Kier alpha value is -2.97. The highest BCUT2D eigenvalue weighted by Gasteiger charge is 2.22. The zero-order chi connectivity index (χ0) is 20.8. The second-order valence-corrected chi connectivity index (χ2v) is 6.72. The Labute approximate surface area is 176 Å². The topological polar surface area (TPSA) is 103 Å². The van der Waals surface area contributed by atoms with Gasteiger partial charge in [0.15, 0.2) is 24.2 Å². The summed E-state index contributed by atoms with van der Waals surface area (Å²) < 4.78 is 16.1. The predicted molar refractivity (Wildman–Crippen MR) is 105 cm³/mol. The first-order chi connectivity index (χ1) is 13.9. The zero-order valence-corrected chi connectivity index (χ0v) is 16.5. The molecule has 1 unspecified atom stereocenters. The molecule has 0 aromatic heterocycles. The van der Waals surface area contributed by atoms with Crippen LogP contribution in [0.1, 0.15) is 10.4 Å². The third-order valence-electron chi connectivity index (χ3n) is 3.82. The van der Waals surface area contributed by atoms with Gasteiger partial charge in [0.2, 0.25) is 0 Å². The smallest absolute Gasteiger partial charge is 0.340 e. The Balaban J connectivity index is 1.40. The minimum absolute atomic E-state index is 0.0196. The van der Waals surface area contributed by atoms with Gasteiger partial charge in [-0.3, -0.25) is 10.1 Å². The van der Waals surface area contributed by atoms with Gasteiger partial charge in [0.1, 0.15) is 6.61 Å². The monoisotopic (exact) mass is 438 g/mol. The van der Waals surface area contributed by atoms with Gasteiger partial charge in [0.25, 0.3) is 5.91 Å². The molecule has 0 spiro atoms. The molecule has 0 fully saturated rings. The van der Waals surface area contributed by atoms with E-state index < -0.39 is 30.6 Å². The number of urea groups is 1. The minimum Gasteiger partial charge on any atom is -0.486 e. The fourth-order valence-electron chi connectivity index (χ4n) is 2.45. The number of halogens is 2. The molecule has 1 aliphatic heterocycles. The van der Waals surface area contributed by atoms with E-state index in [4.69, 9.17) is 37.4 Å². The fourth-order valence-corrected chi connectivity index (χ4v) is 2.83. The summed E-state index contributed by atoms with van der Waals surface area (Å²) in [5.41, 5.74) is 0.0196. The van der Waals surface area contributed by atoms with E-state index in [1.165, 1.54) is 18.2 Å². The lowest BCUT2D eigenvalue weighted by atomic mass is 10.2. The average molecular weight is 439 g/mol. The molecule has 152 valence electrons. The van der Waals surface area contributed by atoms with E-state index in [1.54, 1.807) is 18.2 Å². The quantitative estimate of drug-likeness (QED) is 0.695. The standard InChI is InChI=1S/C19H16Cl2N2O6/c20-13-5-3-4-12(17(13)21)18(25)28-10-16(24)23-19(26)22-8-11-9-27-14-6-1-2-7-15(14)29-11/h1-7,11H,8-10H2,(H2,22,23,24,26). The van der Waals surface area contributed by atoms with Gasteiger partial charge in [-0.2, -0.15) is 0 Å². The van der Waals surface area contributed by atoms with Crippen LogP contribution in [-0.4, -0.2) is 43.8 Å². The molecule has 29 heavy (non-hydrogen) atoms. The molecule has 0 aliphatic carbocycles. The first-order valence-electron chi connectivity index (χ1n) is 8.51. The SMILES string of the molecule is O=C(COC(=O)c1cccc(Cl)c1Cl)NC(=O)NCC1COc2ccccc2O1. The molecule has 0 bridgehead atoms. The highest BCUT2D eigenvalue weighted by Crippen LogP contribution is 2.30. The van der Waals surface area contributed by atoms with Gasteiger partial charge >= 0.3 is 12.0 Å². The van der Waals surface area contributed by atoms with E-state index >= 15 is 0 Å². The third kappa shape index (κ3) is 5.52. The number of hydrogen-bond donors (Lipinski definition) is 2. The van der Waals surface area contributed by atoms with Crippen LogP contribution in [0.25, 0.3) is 0 Å². The maximum Gasteiger partial charge on any atom is 0.340 e. The third-order valence-corrected chi connectivity index (χ3v) is 4.64. The van der Waals surface area contributed by atoms with Crippen LogP contribution in [0.4, 0.5) is 4.79 Å². The number of amides is 3. The van der Waals surface area contributed by atoms with Crippen LogP contribution in [-0.2, 0) is 9.53 Å².